The third-order valence-electron chi connectivity index (χ3n) is 3.60. The minimum absolute atomic E-state index is 0.707. The van der Waals surface area contributed by atoms with Crippen molar-refractivity contribution in [2.24, 2.45) is 0 Å². The predicted octanol–water partition coefficient (Wildman–Crippen LogP) is 5.25. The van der Waals surface area contributed by atoms with Crippen molar-refractivity contribution in [3.8, 4) is 16.9 Å². The highest BCUT2D eigenvalue weighted by molar-refractivity contribution is 6.30. The van der Waals surface area contributed by atoms with E-state index in [1.54, 1.807) is 0 Å². The highest BCUT2D eigenvalue weighted by Crippen LogP contribution is 2.32. The first-order chi connectivity index (χ1) is 10.7. The molecule has 0 fully saturated rings. The second-order valence-electron chi connectivity index (χ2n) is 5.17. The van der Waals surface area contributed by atoms with E-state index in [0.29, 0.717) is 5.02 Å². The number of nitrogens with zero attached hydrogens (tertiary/aromatic N) is 2. The van der Waals surface area contributed by atoms with Crippen LogP contribution in [0.15, 0.2) is 65.1 Å². The smallest absolute Gasteiger partial charge is 0.180 e. The average Bonchev–Trinajstić information content (AvgIpc) is 3.06. The maximum Gasteiger partial charge on any atom is 0.180 e. The maximum absolute atomic E-state index is 5.97. The Hall–Kier alpha value is -2.52. The van der Waals surface area contributed by atoms with Gasteiger partial charge in [-0.15, -0.1) is 0 Å². The lowest BCUT2D eigenvalue weighted by atomic mass is 10.1. The van der Waals surface area contributed by atoms with Crippen LogP contribution in [0.5, 0.6) is 0 Å². The molecule has 3 nitrogen and oxygen atoms in total. The molecular formula is C18H13ClN2O. The van der Waals surface area contributed by atoms with E-state index in [1.165, 1.54) is 0 Å². The molecule has 0 spiro atoms. The number of aryl methyl sites for hydroxylation is 1. The van der Waals surface area contributed by atoms with Gasteiger partial charge in [0.2, 0.25) is 0 Å². The summed E-state index contributed by atoms with van der Waals surface area (Å²) in [7, 11) is 0. The monoisotopic (exact) mass is 308 g/mol. The minimum atomic E-state index is 0.707. The lowest BCUT2D eigenvalue weighted by molar-refractivity contribution is 0.579. The van der Waals surface area contributed by atoms with Gasteiger partial charge in [-0.3, -0.25) is 0 Å². The molecule has 0 radical (unpaired) electrons. The fourth-order valence-electron chi connectivity index (χ4n) is 2.59. The molecule has 0 aliphatic carbocycles. The summed E-state index contributed by atoms with van der Waals surface area (Å²) < 4.78 is 7.78. The fraction of sp³-hybridized carbons (Fsp3) is 0.0556. The molecule has 0 N–H and O–H groups in total. The average molecular weight is 309 g/mol. The quantitative estimate of drug-likeness (QED) is 0.506. The van der Waals surface area contributed by atoms with Crippen molar-refractivity contribution < 1.29 is 4.42 Å². The summed E-state index contributed by atoms with van der Waals surface area (Å²) in [6.45, 7) is 1.95. The predicted molar refractivity (Wildman–Crippen MR) is 88.5 cm³/mol. The lowest BCUT2D eigenvalue weighted by Crippen LogP contribution is -1.95. The SMILES string of the molecule is Cc1cc2c(o1)c(-c1ccc(Cl)cc1)nn2-c1ccccc1. The third kappa shape index (κ3) is 2.11. The van der Waals surface area contributed by atoms with Crippen LogP contribution in [-0.4, -0.2) is 9.78 Å². The van der Waals surface area contributed by atoms with Crippen LogP contribution in [0.25, 0.3) is 28.0 Å². The van der Waals surface area contributed by atoms with Gasteiger partial charge < -0.3 is 4.42 Å². The largest absolute Gasteiger partial charge is 0.457 e. The highest BCUT2D eigenvalue weighted by Gasteiger charge is 2.17. The van der Waals surface area contributed by atoms with E-state index in [9.17, 15) is 0 Å². The van der Waals surface area contributed by atoms with Crippen LogP contribution in [0, 0.1) is 6.92 Å². The van der Waals surface area contributed by atoms with Crippen molar-refractivity contribution in [1.29, 1.82) is 0 Å². The van der Waals surface area contributed by atoms with Gasteiger partial charge >= 0.3 is 0 Å². The van der Waals surface area contributed by atoms with E-state index in [-0.39, 0.29) is 0 Å². The first-order valence-electron chi connectivity index (χ1n) is 7.03. The lowest BCUT2D eigenvalue weighted by Gasteiger charge is -2.01. The molecule has 22 heavy (non-hydrogen) atoms. The van der Waals surface area contributed by atoms with E-state index in [2.05, 4.69) is 0 Å². The number of hydrogen-bond donors (Lipinski definition) is 0. The van der Waals surface area contributed by atoms with Gasteiger partial charge in [0.15, 0.2) is 5.58 Å². The molecule has 4 aromatic rings. The zero-order valence-electron chi connectivity index (χ0n) is 12.0. The summed E-state index contributed by atoms with van der Waals surface area (Å²) in [5, 5.41) is 5.45. The molecule has 0 atom stereocenters. The van der Waals surface area contributed by atoms with Gasteiger partial charge in [-0.2, -0.15) is 5.10 Å². The number of para-hydroxylation sites is 1. The number of hydrogen-bond acceptors (Lipinski definition) is 2. The van der Waals surface area contributed by atoms with E-state index in [4.69, 9.17) is 21.1 Å². The number of benzene rings is 2. The standard InChI is InChI=1S/C18H13ClN2O/c1-12-11-16-18(22-12)17(13-7-9-14(19)10-8-13)20-21(16)15-5-3-2-4-6-15/h2-11H,1H3. The van der Waals surface area contributed by atoms with Crippen molar-refractivity contribution >= 4 is 22.7 Å². The second kappa shape index (κ2) is 5.04. The molecule has 4 rings (SSSR count). The molecule has 108 valence electrons. The van der Waals surface area contributed by atoms with Crippen molar-refractivity contribution in [2.75, 3.05) is 0 Å². The topological polar surface area (TPSA) is 31.0 Å². The van der Waals surface area contributed by atoms with Crippen LogP contribution in [0.2, 0.25) is 5.02 Å². The number of furan rings is 1. The minimum Gasteiger partial charge on any atom is -0.457 e. The van der Waals surface area contributed by atoms with Crippen LogP contribution < -0.4 is 0 Å². The Morgan fingerprint density at radius 3 is 2.45 bits per heavy atom. The van der Waals surface area contributed by atoms with Crippen molar-refractivity contribution in [3.05, 3.63) is 71.4 Å². The molecule has 0 amide bonds. The first kappa shape index (κ1) is 13.2. The summed E-state index contributed by atoms with van der Waals surface area (Å²) in [4.78, 5) is 0. The van der Waals surface area contributed by atoms with Gasteiger partial charge in [0.25, 0.3) is 0 Å². The zero-order chi connectivity index (χ0) is 15.1. The Morgan fingerprint density at radius 2 is 1.73 bits per heavy atom. The maximum atomic E-state index is 5.97. The molecule has 2 aromatic heterocycles. The molecule has 2 aromatic carbocycles. The van der Waals surface area contributed by atoms with Crippen molar-refractivity contribution in [2.45, 2.75) is 6.92 Å². The Morgan fingerprint density at radius 1 is 1.00 bits per heavy atom. The van der Waals surface area contributed by atoms with Gasteiger partial charge in [0.1, 0.15) is 17.0 Å². The van der Waals surface area contributed by atoms with Gasteiger partial charge in [-0.05, 0) is 31.2 Å². The van der Waals surface area contributed by atoms with E-state index in [0.717, 1.165) is 33.8 Å². The zero-order valence-corrected chi connectivity index (χ0v) is 12.7. The Balaban J connectivity index is 1.98. The van der Waals surface area contributed by atoms with Crippen LogP contribution in [0.4, 0.5) is 0 Å². The molecular weight excluding hydrogens is 296 g/mol. The summed E-state index contributed by atoms with van der Waals surface area (Å²) in [5.74, 6) is 0.868. The fourth-order valence-corrected chi connectivity index (χ4v) is 2.72. The molecule has 0 unspecified atom stereocenters. The summed E-state index contributed by atoms with van der Waals surface area (Å²) in [6, 6.07) is 19.7. The second-order valence-corrected chi connectivity index (χ2v) is 5.61. The Bertz CT molecular complexity index is 937. The van der Waals surface area contributed by atoms with Crippen LogP contribution in [0.1, 0.15) is 5.76 Å². The summed E-state index contributed by atoms with van der Waals surface area (Å²) in [6.07, 6.45) is 0. The van der Waals surface area contributed by atoms with E-state index >= 15 is 0 Å². The molecule has 0 bridgehead atoms. The molecule has 0 aliphatic heterocycles. The van der Waals surface area contributed by atoms with E-state index < -0.39 is 0 Å². The van der Waals surface area contributed by atoms with Crippen LogP contribution >= 0.6 is 11.6 Å². The van der Waals surface area contributed by atoms with Crippen LogP contribution in [0.3, 0.4) is 0 Å². The van der Waals surface area contributed by atoms with Gasteiger partial charge in [-0.1, -0.05) is 41.9 Å². The van der Waals surface area contributed by atoms with Gasteiger partial charge in [-0.25, -0.2) is 4.68 Å². The first-order valence-corrected chi connectivity index (χ1v) is 7.41. The normalized spacial score (nSPS) is 11.2. The highest BCUT2D eigenvalue weighted by atomic mass is 35.5. The van der Waals surface area contributed by atoms with Gasteiger partial charge in [0.05, 0.1) is 5.69 Å². The number of halogens is 1. The number of aromatic nitrogens is 2. The Kier molecular flexibility index (Phi) is 3.01. The molecule has 0 saturated heterocycles. The van der Waals surface area contributed by atoms with Gasteiger partial charge in [0, 0.05) is 16.7 Å². The number of fused-ring (bicyclic) bond motifs is 1. The van der Waals surface area contributed by atoms with Crippen molar-refractivity contribution in [1.82, 2.24) is 9.78 Å². The van der Waals surface area contributed by atoms with Crippen LogP contribution in [-0.2, 0) is 0 Å². The molecule has 2 heterocycles. The summed E-state index contributed by atoms with van der Waals surface area (Å²) >= 11 is 5.97. The summed E-state index contributed by atoms with van der Waals surface area (Å²) in [5.41, 5.74) is 4.58. The van der Waals surface area contributed by atoms with Crippen molar-refractivity contribution in [3.63, 3.8) is 0 Å². The number of rotatable bonds is 2. The van der Waals surface area contributed by atoms with E-state index in [1.807, 2.05) is 72.3 Å². The third-order valence-corrected chi connectivity index (χ3v) is 3.85. The Labute approximate surface area is 132 Å². The molecule has 0 aliphatic rings. The molecule has 4 heteroatoms. The molecule has 0 saturated carbocycles.